The van der Waals surface area contributed by atoms with E-state index in [1.165, 1.54) is 22.3 Å². The second kappa shape index (κ2) is 7.25. The molecule has 1 heterocycles. The largest absolute Gasteiger partial charge is 0.492 e. The molecule has 0 aliphatic carbocycles. The number of nitrogens with one attached hydrogen (secondary N) is 1. The van der Waals surface area contributed by atoms with Crippen LogP contribution in [0.25, 0.3) is 0 Å². The number of rotatable bonds is 5. The van der Waals surface area contributed by atoms with Crippen molar-refractivity contribution in [1.82, 2.24) is 0 Å². The first-order valence-electron chi connectivity index (χ1n) is 9.35. The molecule has 1 unspecified atom stereocenters. The van der Waals surface area contributed by atoms with Gasteiger partial charge < -0.3 is 10.1 Å². The third-order valence-electron chi connectivity index (χ3n) is 5.14. The molecule has 26 heavy (non-hydrogen) atoms. The lowest BCUT2D eigenvalue weighted by atomic mass is 9.91. The first-order chi connectivity index (χ1) is 12.7. The Morgan fingerprint density at radius 3 is 2.46 bits per heavy atom. The monoisotopic (exact) mass is 343 g/mol. The highest BCUT2D eigenvalue weighted by atomic mass is 16.5. The van der Waals surface area contributed by atoms with Crippen LogP contribution in [0, 0.1) is 0 Å². The topological polar surface area (TPSA) is 21.3 Å². The van der Waals surface area contributed by atoms with E-state index in [-0.39, 0.29) is 0 Å². The Bertz CT molecular complexity index is 868. The molecule has 0 saturated heterocycles. The van der Waals surface area contributed by atoms with Gasteiger partial charge in [-0.3, -0.25) is 0 Å². The minimum absolute atomic E-state index is 0.310. The molecular formula is C24H25NO. The van der Waals surface area contributed by atoms with Crippen molar-refractivity contribution in [3.63, 3.8) is 0 Å². The molecule has 132 valence electrons. The molecule has 0 radical (unpaired) electrons. The Kier molecular flexibility index (Phi) is 4.66. The van der Waals surface area contributed by atoms with Gasteiger partial charge in [-0.25, -0.2) is 0 Å². The molecule has 2 heteroatoms. The van der Waals surface area contributed by atoms with Gasteiger partial charge in [-0.15, -0.1) is 0 Å². The molecule has 1 N–H and O–H groups in total. The fourth-order valence-electron chi connectivity index (χ4n) is 3.51. The number of hydrogen-bond donors (Lipinski definition) is 1. The average Bonchev–Trinajstić information content (AvgIpc) is 3.10. The van der Waals surface area contributed by atoms with Crippen LogP contribution in [0.4, 0.5) is 5.69 Å². The summed E-state index contributed by atoms with van der Waals surface area (Å²) in [5, 5.41) is 3.53. The summed E-state index contributed by atoms with van der Waals surface area (Å²) in [6, 6.07) is 25.9. The highest BCUT2D eigenvalue weighted by molar-refractivity contribution is 5.56. The van der Waals surface area contributed by atoms with Crippen LogP contribution in [0.5, 0.6) is 5.75 Å². The lowest BCUT2D eigenvalue weighted by Crippen LogP contribution is -2.03. The minimum Gasteiger partial charge on any atom is -0.492 e. The van der Waals surface area contributed by atoms with Crippen molar-refractivity contribution in [2.24, 2.45) is 0 Å². The maximum absolute atomic E-state index is 5.93. The fourth-order valence-corrected chi connectivity index (χ4v) is 3.51. The maximum atomic E-state index is 5.93. The zero-order valence-electron chi connectivity index (χ0n) is 15.4. The van der Waals surface area contributed by atoms with Gasteiger partial charge in [0.25, 0.3) is 0 Å². The predicted molar refractivity (Wildman–Crippen MR) is 108 cm³/mol. The van der Waals surface area contributed by atoms with E-state index in [1.54, 1.807) is 0 Å². The molecule has 1 aliphatic heterocycles. The van der Waals surface area contributed by atoms with Gasteiger partial charge in [-0.2, -0.15) is 0 Å². The van der Waals surface area contributed by atoms with Crippen molar-refractivity contribution in [3.05, 3.63) is 95.1 Å². The summed E-state index contributed by atoms with van der Waals surface area (Å²) in [6.07, 6.45) is 0. The summed E-state index contributed by atoms with van der Waals surface area (Å²) >= 11 is 0. The van der Waals surface area contributed by atoms with Crippen LogP contribution < -0.4 is 10.1 Å². The lowest BCUT2D eigenvalue weighted by Gasteiger charge is -2.13. The van der Waals surface area contributed by atoms with Gasteiger partial charge >= 0.3 is 0 Å². The fraction of sp³-hybridized carbons (Fsp3) is 0.250. The van der Waals surface area contributed by atoms with Crippen LogP contribution >= 0.6 is 0 Å². The van der Waals surface area contributed by atoms with E-state index in [0.29, 0.717) is 11.8 Å². The van der Waals surface area contributed by atoms with Crippen LogP contribution in [-0.2, 0) is 6.54 Å². The third-order valence-corrected chi connectivity index (χ3v) is 5.14. The van der Waals surface area contributed by atoms with Crippen molar-refractivity contribution in [2.45, 2.75) is 32.2 Å². The van der Waals surface area contributed by atoms with E-state index in [1.807, 2.05) is 6.07 Å². The standard InChI is InChI=1S/C24H25NO/c1-17(2)19-8-10-20(11-9-19)23-16-26-24-13-12-21(14-22(23)24)25-15-18-6-4-3-5-7-18/h3-14,17,23,25H,15-16H2,1-2H3. The molecule has 3 aromatic carbocycles. The average molecular weight is 343 g/mol. The highest BCUT2D eigenvalue weighted by Crippen LogP contribution is 2.40. The Labute approximate surface area is 155 Å². The third kappa shape index (κ3) is 3.45. The Morgan fingerprint density at radius 1 is 0.962 bits per heavy atom. The summed E-state index contributed by atoms with van der Waals surface area (Å²) < 4.78 is 5.93. The van der Waals surface area contributed by atoms with Crippen molar-refractivity contribution in [1.29, 1.82) is 0 Å². The molecule has 3 aromatic rings. The van der Waals surface area contributed by atoms with Crippen molar-refractivity contribution < 1.29 is 4.74 Å². The summed E-state index contributed by atoms with van der Waals surface area (Å²) in [6.45, 7) is 6.01. The van der Waals surface area contributed by atoms with Gasteiger partial charge in [0.15, 0.2) is 0 Å². The molecule has 0 spiro atoms. The van der Waals surface area contributed by atoms with Crippen molar-refractivity contribution in [3.8, 4) is 5.75 Å². The zero-order valence-corrected chi connectivity index (χ0v) is 15.4. The molecule has 0 fully saturated rings. The van der Waals surface area contributed by atoms with Crippen LogP contribution in [0.15, 0.2) is 72.8 Å². The molecule has 0 aromatic heterocycles. The molecule has 0 bridgehead atoms. The van der Waals surface area contributed by atoms with Crippen LogP contribution in [0.1, 0.15) is 47.9 Å². The Balaban J connectivity index is 1.53. The van der Waals surface area contributed by atoms with E-state index in [2.05, 4.69) is 85.9 Å². The Hall–Kier alpha value is -2.74. The quantitative estimate of drug-likeness (QED) is 0.618. The number of anilines is 1. The summed E-state index contributed by atoms with van der Waals surface area (Å²) in [7, 11) is 0. The van der Waals surface area contributed by atoms with E-state index in [0.717, 1.165) is 24.6 Å². The predicted octanol–water partition coefficient (Wildman–Crippen LogP) is 5.95. The number of ether oxygens (including phenoxy) is 1. The van der Waals surface area contributed by atoms with Gasteiger partial charge in [-0.1, -0.05) is 68.4 Å². The molecule has 4 rings (SSSR count). The second-order valence-electron chi connectivity index (χ2n) is 7.28. The van der Waals surface area contributed by atoms with Gasteiger partial charge in [0.05, 0.1) is 6.61 Å². The van der Waals surface area contributed by atoms with Gasteiger partial charge in [-0.05, 0) is 40.8 Å². The molecule has 0 amide bonds. The Morgan fingerprint density at radius 2 is 1.73 bits per heavy atom. The summed E-state index contributed by atoms with van der Waals surface area (Å²) in [5.74, 6) is 1.88. The van der Waals surface area contributed by atoms with E-state index >= 15 is 0 Å². The van der Waals surface area contributed by atoms with Gasteiger partial charge in [0.1, 0.15) is 5.75 Å². The maximum Gasteiger partial charge on any atom is 0.123 e. The van der Waals surface area contributed by atoms with Crippen LogP contribution in [-0.4, -0.2) is 6.61 Å². The number of fused-ring (bicyclic) bond motifs is 1. The van der Waals surface area contributed by atoms with E-state index in [4.69, 9.17) is 4.74 Å². The van der Waals surface area contributed by atoms with Gasteiger partial charge in [0.2, 0.25) is 0 Å². The van der Waals surface area contributed by atoms with Crippen molar-refractivity contribution >= 4 is 5.69 Å². The number of benzene rings is 3. The SMILES string of the molecule is CC(C)c1ccc(C2COc3ccc(NCc4ccccc4)cc32)cc1. The smallest absolute Gasteiger partial charge is 0.123 e. The lowest BCUT2D eigenvalue weighted by molar-refractivity contribution is 0.343. The zero-order chi connectivity index (χ0) is 17.9. The van der Waals surface area contributed by atoms with E-state index < -0.39 is 0 Å². The van der Waals surface area contributed by atoms with Crippen LogP contribution in [0.2, 0.25) is 0 Å². The second-order valence-corrected chi connectivity index (χ2v) is 7.28. The number of hydrogen-bond acceptors (Lipinski definition) is 2. The minimum atomic E-state index is 0.310. The molecule has 2 nitrogen and oxygen atoms in total. The van der Waals surface area contributed by atoms with Crippen LogP contribution in [0.3, 0.4) is 0 Å². The summed E-state index contributed by atoms with van der Waals surface area (Å²) in [4.78, 5) is 0. The summed E-state index contributed by atoms with van der Waals surface area (Å²) in [5.41, 5.74) is 6.41. The van der Waals surface area contributed by atoms with Gasteiger partial charge in [0, 0.05) is 23.7 Å². The highest BCUT2D eigenvalue weighted by Gasteiger charge is 2.26. The molecular weight excluding hydrogens is 318 g/mol. The molecule has 1 atom stereocenters. The van der Waals surface area contributed by atoms with Crippen molar-refractivity contribution in [2.75, 3.05) is 11.9 Å². The first-order valence-corrected chi connectivity index (χ1v) is 9.35. The van der Waals surface area contributed by atoms with E-state index in [9.17, 15) is 0 Å². The molecule has 0 saturated carbocycles. The molecule has 1 aliphatic rings. The normalized spacial score (nSPS) is 15.6. The first kappa shape index (κ1) is 16.7.